The summed E-state index contributed by atoms with van der Waals surface area (Å²) in [7, 11) is 0. The maximum atomic E-state index is 13.5. The van der Waals surface area contributed by atoms with Crippen molar-refractivity contribution in [2.75, 3.05) is 11.9 Å². The van der Waals surface area contributed by atoms with Crippen molar-refractivity contribution >= 4 is 37.6 Å². The van der Waals surface area contributed by atoms with E-state index in [4.69, 9.17) is 9.72 Å². The fraction of sp³-hybridized carbons (Fsp3) is 0.304. The van der Waals surface area contributed by atoms with Crippen LogP contribution in [0.3, 0.4) is 0 Å². The topological polar surface area (TPSA) is 47.0 Å². The van der Waals surface area contributed by atoms with Crippen LogP contribution in [-0.4, -0.2) is 16.5 Å². The lowest BCUT2D eigenvalue weighted by Crippen LogP contribution is -2.16. The lowest BCUT2D eigenvalue weighted by molar-refractivity contribution is 0.373. The van der Waals surface area contributed by atoms with Gasteiger partial charge in [-0.25, -0.2) is 9.37 Å². The molecule has 0 aliphatic heterocycles. The smallest absolute Gasteiger partial charge is 0.183 e. The molecule has 148 valence electrons. The molecule has 29 heavy (non-hydrogen) atoms. The van der Waals surface area contributed by atoms with E-state index in [1.165, 1.54) is 44.2 Å². The minimum absolute atomic E-state index is 0.304. The molecule has 1 saturated carbocycles. The second kappa shape index (κ2) is 7.95. The van der Waals surface area contributed by atoms with E-state index < -0.39 is 0 Å². The zero-order valence-corrected chi connectivity index (χ0v) is 16.8. The number of aromatic nitrogens is 2. The van der Waals surface area contributed by atoms with E-state index >= 15 is 0 Å². The molecule has 0 unspecified atom stereocenters. The maximum absolute atomic E-state index is 13.5. The van der Waals surface area contributed by atoms with Crippen molar-refractivity contribution in [3.63, 3.8) is 0 Å². The zero-order chi connectivity index (χ0) is 19.6. The van der Waals surface area contributed by atoms with E-state index in [-0.39, 0.29) is 5.82 Å². The molecule has 0 bridgehead atoms. The van der Waals surface area contributed by atoms with E-state index in [0.717, 1.165) is 38.9 Å². The summed E-state index contributed by atoms with van der Waals surface area (Å²) < 4.78 is 20.6. The summed E-state index contributed by atoms with van der Waals surface area (Å²) in [6, 6.07) is 12.2. The average Bonchev–Trinajstić information content (AvgIpc) is 3.15. The number of hydrogen-bond donors (Lipinski definition) is 1. The number of rotatable bonds is 5. The zero-order valence-electron chi connectivity index (χ0n) is 16.0. The quantitative estimate of drug-likeness (QED) is 0.397. The van der Waals surface area contributed by atoms with Gasteiger partial charge in [-0.2, -0.15) is 0 Å². The van der Waals surface area contributed by atoms with Gasteiger partial charge in [-0.15, -0.1) is 0 Å². The monoisotopic (exact) mass is 407 g/mol. The Morgan fingerprint density at radius 2 is 1.93 bits per heavy atom. The highest BCUT2D eigenvalue weighted by Gasteiger charge is 2.14. The van der Waals surface area contributed by atoms with Gasteiger partial charge in [0.05, 0.1) is 15.7 Å². The molecule has 1 aliphatic rings. The molecule has 5 rings (SSSR count). The molecule has 1 aliphatic carbocycles. The minimum atomic E-state index is -0.304. The standard InChI is InChI=1S/C23H22FN3OS/c24-16-6-8-18-20(12-16)25-11-10-21(18)28-17-7-9-19-22(13-17)29-23(27-19)26-14-15-4-2-1-3-5-15/h6-13,15H,1-5,14H2,(H,26,27). The van der Waals surface area contributed by atoms with Crippen LogP contribution in [0.5, 0.6) is 11.5 Å². The third kappa shape index (κ3) is 4.03. The third-order valence-electron chi connectivity index (χ3n) is 5.52. The number of pyridine rings is 1. The van der Waals surface area contributed by atoms with Gasteiger partial charge in [-0.1, -0.05) is 30.6 Å². The first-order valence-electron chi connectivity index (χ1n) is 10.1. The normalized spacial score (nSPS) is 15.1. The van der Waals surface area contributed by atoms with Crippen LogP contribution in [0.15, 0.2) is 48.7 Å². The Morgan fingerprint density at radius 1 is 1.03 bits per heavy atom. The lowest BCUT2D eigenvalue weighted by Gasteiger charge is -2.21. The van der Waals surface area contributed by atoms with E-state index in [1.807, 2.05) is 18.2 Å². The number of fused-ring (bicyclic) bond motifs is 2. The predicted molar refractivity (Wildman–Crippen MR) is 116 cm³/mol. The first-order valence-corrected chi connectivity index (χ1v) is 10.9. The van der Waals surface area contributed by atoms with Gasteiger partial charge in [0.15, 0.2) is 5.13 Å². The highest BCUT2D eigenvalue weighted by molar-refractivity contribution is 7.22. The number of nitrogens with one attached hydrogen (secondary N) is 1. The summed E-state index contributed by atoms with van der Waals surface area (Å²) in [6.45, 7) is 1.00. The first kappa shape index (κ1) is 18.3. The number of ether oxygens (including phenoxy) is 1. The Morgan fingerprint density at radius 3 is 2.83 bits per heavy atom. The Labute approximate surface area is 172 Å². The van der Waals surface area contributed by atoms with Gasteiger partial charge in [0.1, 0.15) is 17.3 Å². The van der Waals surface area contributed by atoms with E-state index in [1.54, 1.807) is 29.7 Å². The van der Waals surface area contributed by atoms with E-state index in [0.29, 0.717) is 11.3 Å². The highest BCUT2D eigenvalue weighted by Crippen LogP contribution is 2.34. The summed E-state index contributed by atoms with van der Waals surface area (Å²) in [6.07, 6.45) is 8.35. The van der Waals surface area contributed by atoms with Crippen molar-refractivity contribution in [3.05, 3.63) is 54.5 Å². The van der Waals surface area contributed by atoms with Crippen LogP contribution in [0.2, 0.25) is 0 Å². The Kier molecular flexibility index (Phi) is 5.02. The van der Waals surface area contributed by atoms with Crippen molar-refractivity contribution in [2.24, 2.45) is 5.92 Å². The van der Waals surface area contributed by atoms with Gasteiger partial charge >= 0.3 is 0 Å². The van der Waals surface area contributed by atoms with Gasteiger partial charge in [0, 0.05) is 30.3 Å². The van der Waals surface area contributed by atoms with Crippen molar-refractivity contribution in [1.29, 1.82) is 0 Å². The van der Waals surface area contributed by atoms with Gasteiger partial charge in [-0.05, 0) is 49.1 Å². The molecule has 0 radical (unpaired) electrons. The fourth-order valence-corrected chi connectivity index (χ4v) is 4.88. The highest BCUT2D eigenvalue weighted by atomic mass is 32.1. The molecule has 4 aromatic rings. The van der Waals surface area contributed by atoms with Crippen LogP contribution in [0.1, 0.15) is 32.1 Å². The van der Waals surface area contributed by atoms with E-state index in [2.05, 4.69) is 10.3 Å². The van der Waals surface area contributed by atoms with Crippen LogP contribution in [-0.2, 0) is 0 Å². The molecule has 0 spiro atoms. The summed E-state index contributed by atoms with van der Waals surface area (Å²) >= 11 is 1.65. The van der Waals surface area contributed by atoms with Crippen molar-refractivity contribution in [2.45, 2.75) is 32.1 Å². The van der Waals surface area contributed by atoms with Gasteiger partial charge in [-0.3, -0.25) is 4.98 Å². The molecule has 1 N–H and O–H groups in total. The van der Waals surface area contributed by atoms with Crippen molar-refractivity contribution in [3.8, 4) is 11.5 Å². The summed E-state index contributed by atoms with van der Waals surface area (Å²) in [5, 5.41) is 5.28. The van der Waals surface area contributed by atoms with Gasteiger partial charge in [0.25, 0.3) is 0 Å². The van der Waals surface area contributed by atoms with Crippen LogP contribution in [0.25, 0.3) is 21.1 Å². The molecular formula is C23H22FN3OS. The van der Waals surface area contributed by atoms with Crippen molar-refractivity contribution < 1.29 is 9.13 Å². The predicted octanol–water partition coefficient (Wildman–Crippen LogP) is 6.77. The maximum Gasteiger partial charge on any atom is 0.183 e. The van der Waals surface area contributed by atoms with E-state index in [9.17, 15) is 4.39 Å². The number of hydrogen-bond acceptors (Lipinski definition) is 5. The molecule has 2 aromatic heterocycles. The number of anilines is 1. The van der Waals surface area contributed by atoms with Gasteiger partial charge in [0.2, 0.25) is 0 Å². The van der Waals surface area contributed by atoms with Crippen LogP contribution in [0.4, 0.5) is 9.52 Å². The van der Waals surface area contributed by atoms with Gasteiger partial charge < -0.3 is 10.1 Å². The summed E-state index contributed by atoms with van der Waals surface area (Å²) in [5.41, 5.74) is 1.55. The Hall–Kier alpha value is -2.73. The third-order valence-corrected chi connectivity index (χ3v) is 6.50. The van der Waals surface area contributed by atoms with Crippen LogP contribution < -0.4 is 10.1 Å². The Bertz CT molecular complexity index is 1150. The summed E-state index contributed by atoms with van der Waals surface area (Å²) in [4.78, 5) is 8.93. The molecular weight excluding hydrogens is 385 g/mol. The second-order valence-electron chi connectivity index (χ2n) is 7.61. The molecule has 0 amide bonds. The number of halogens is 1. The average molecular weight is 408 g/mol. The molecule has 4 nitrogen and oxygen atoms in total. The second-order valence-corrected chi connectivity index (χ2v) is 8.64. The number of nitrogens with zero attached hydrogens (tertiary/aromatic N) is 2. The molecule has 0 saturated heterocycles. The number of thiazole rings is 1. The van der Waals surface area contributed by atoms with Crippen LogP contribution in [0, 0.1) is 11.7 Å². The lowest BCUT2D eigenvalue weighted by atomic mass is 9.89. The fourth-order valence-electron chi connectivity index (χ4n) is 3.98. The molecule has 1 fully saturated rings. The van der Waals surface area contributed by atoms with Crippen molar-refractivity contribution in [1.82, 2.24) is 9.97 Å². The molecule has 2 heterocycles. The Balaban J connectivity index is 1.35. The SMILES string of the molecule is Fc1ccc2c(Oc3ccc4nc(NCC5CCCCC5)sc4c3)ccnc2c1. The first-order chi connectivity index (χ1) is 14.2. The molecule has 0 atom stereocenters. The minimum Gasteiger partial charge on any atom is -0.457 e. The van der Waals surface area contributed by atoms with Crippen LogP contribution >= 0.6 is 11.3 Å². The molecule has 2 aromatic carbocycles. The number of benzene rings is 2. The largest absolute Gasteiger partial charge is 0.457 e. The molecule has 6 heteroatoms. The summed E-state index contributed by atoms with van der Waals surface area (Å²) in [5.74, 6) is 1.85.